The number of aliphatic hydroxyl groups excluding tert-OH is 1. The summed E-state index contributed by atoms with van der Waals surface area (Å²) >= 11 is 0. The molecule has 1 atom stereocenters. The molecule has 0 aliphatic carbocycles. The van der Waals surface area contributed by atoms with Gasteiger partial charge >= 0.3 is 0 Å². The summed E-state index contributed by atoms with van der Waals surface area (Å²) in [4.78, 5) is 1.77. The largest absolute Gasteiger partial charge is 0.374 e. The van der Waals surface area contributed by atoms with Crippen LogP contribution < -0.4 is 0 Å². The molecule has 0 aliphatic rings. The van der Waals surface area contributed by atoms with Crippen molar-refractivity contribution < 1.29 is 5.11 Å². The number of allylic oxidation sites excluding steroid dienone is 5. The Bertz CT molecular complexity index is 253. The average molecular weight is 207 g/mol. The van der Waals surface area contributed by atoms with Gasteiger partial charge in [0.15, 0.2) is 0 Å². The number of hydrogen-bond donors (Lipinski definition) is 1. The third kappa shape index (κ3) is 6.75. The van der Waals surface area contributed by atoms with Crippen molar-refractivity contribution in [1.82, 2.24) is 4.90 Å². The normalized spacial score (nSPS) is 13.9. The maximum absolute atomic E-state index is 9.75. The summed E-state index contributed by atoms with van der Waals surface area (Å²) in [7, 11) is 1.84. The van der Waals surface area contributed by atoms with E-state index in [0.717, 1.165) is 6.42 Å². The molecule has 0 rings (SSSR count). The van der Waals surface area contributed by atoms with Gasteiger partial charge in [0, 0.05) is 13.2 Å². The van der Waals surface area contributed by atoms with E-state index in [-0.39, 0.29) is 0 Å². The van der Waals surface area contributed by atoms with Gasteiger partial charge in [-0.25, -0.2) is 0 Å². The molecule has 2 nitrogen and oxygen atoms in total. The Morgan fingerprint density at radius 3 is 2.60 bits per heavy atom. The highest BCUT2D eigenvalue weighted by Gasteiger charge is 2.06. The summed E-state index contributed by atoms with van der Waals surface area (Å²) in [5, 5.41) is 9.75. The van der Waals surface area contributed by atoms with E-state index in [1.54, 1.807) is 23.1 Å². The van der Waals surface area contributed by atoms with Gasteiger partial charge in [-0.3, -0.25) is 0 Å². The first-order valence-corrected chi connectivity index (χ1v) is 5.09. The minimum absolute atomic E-state index is 0.450. The fourth-order valence-electron chi connectivity index (χ4n) is 1.14. The molecule has 84 valence electrons. The fraction of sp³-hybridized carbons (Fsp3) is 0.385. The molecule has 0 aromatic heterocycles. The second-order valence-electron chi connectivity index (χ2n) is 3.51. The van der Waals surface area contributed by atoms with Gasteiger partial charge in [0.1, 0.15) is 6.23 Å². The van der Waals surface area contributed by atoms with E-state index in [4.69, 9.17) is 0 Å². The molecule has 0 spiro atoms. The second-order valence-corrected chi connectivity index (χ2v) is 3.51. The van der Waals surface area contributed by atoms with Crippen LogP contribution in [0.15, 0.2) is 49.2 Å². The van der Waals surface area contributed by atoms with Crippen molar-refractivity contribution in [3.05, 3.63) is 49.2 Å². The Balaban J connectivity index is 3.97. The topological polar surface area (TPSA) is 23.5 Å². The number of rotatable bonds is 7. The zero-order valence-corrected chi connectivity index (χ0v) is 9.69. The van der Waals surface area contributed by atoms with Gasteiger partial charge in [0.05, 0.1) is 0 Å². The standard InChI is InChI=1S/C13H21NO/c1-5-7-11-14(4)13(15)10-9-12(3)8-6-2/h5-8,11,13,15H,1-2,9-10H2,3-4H3/b11-7-,12-8-. The van der Waals surface area contributed by atoms with Crippen molar-refractivity contribution >= 4 is 0 Å². The molecule has 1 N–H and O–H groups in total. The summed E-state index contributed by atoms with van der Waals surface area (Å²) < 4.78 is 0. The third-order valence-electron chi connectivity index (χ3n) is 2.13. The van der Waals surface area contributed by atoms with Gasteiger partial charge in [-0.05, 0) is 25.8 Å². The zero-order chi connectivity index (χ0) is 11.7. The summed E-state index contributed by atoms with van der Waals surface area (Å²) in [6.45, 7) is 9.24. The van der Waals surface area contributed by atoms with Crippen LogP contribution in [-0.4, -0.2) is 23.3 Å². The summed E-state index contributed by atoms with van der Waals surface area (Å²) in [6.07, 6.45) is 10.2. The Hall–Kier alpha value is -1.28. The van der Waals surface area contributed by atoms with Crippen LogP contribution in [0.4, 0.5) is 0 Å². The Kier molecular flexibility index (Phi) is 7.38. The lowest BCUT2D eigenvalue weighted by Gasteiger charge is -2.21. The van der Waals surface area contributed by atoms with Gasteiger partial charge in [0.25, 0.3) is 0 Å². The molecular formula is C13H21NO. The monoisotopic (exact) mass is 207 g/mol. The maximum Gasteiger partial charge on any atom is 0.126 e. The van der Waals surface area contributed by atoms with Gasteiger partial charge in [0.2, 0.25) is 0 Å². The molecule has 0 fully saturated rings. The van der Waals surface area contributed by atoms with Crippen LogP contribution in [0, 0.1) is 0 Å². The first-order chi connectivity index (χ1) is 7.11. The highest BCUT2D eigenvalue weighted by molar-refractivity contribution is 5.07. The second kappa shape index (κ2) is 8.06. The lowest BCUT2D eigenvalue weighted by atomic mass is 10.1. The molecule has 0 bridgehead atoms. The van der Waals surface area contributed by atoms with Crippen LogP contribution in [0.25, 0.3) is 0 Å². The zero-order valence-electron chi connectivity index (χ0n) is 9.69. The molecule has 0 aromatic rings. The Morgan fingerprint density at radius 1 is 1.40 bits per heavy atom. The van der Waals surface area contributed by atoms with Gasteiger partial charge in [-0.1, -0.05) is 37.0 Å². The molecule has 2 heteroatoms. The van der Waals surface area contributed by atoms with Crippen molar-refractivity contribution in [3.8, 4) is 0 Å². The van der Waals surface area contributed by atoms with Gasteiger partial charge in [-0.2, -0.15) is 0 Å². The summed E-state index contributed by atoms with van der Waals surface area (Å²) in [6, 6.07) is 0. The van der Waals surface area contributed by atoms with E-state index in [1.807, 2.05) is 26.2 Å². The molecule has 1 unspecified atom stereocenters. The minimum Gasteiger partial charge on any atom is -0.374 e. The molecule has 0 aliphatic heterocycles. The molecule has 0 amide bonds. The predicted octanol–water partition coefficient (Wildman–Crippen LogP) is 2.85. The average Bonchev–Trinajstić information content (AvgIpc) is 2.22. The van der Waals surface area contributed by atoms with E-state index in [0.29, 0.717) is 6.42 Å². The Morgan fingerprint density at radius 2 is 2.07 bits per heavy atom. The van der Waals surface area contributed by atoms with Crippen LogP contribution in [0.1, 0.15) is 19.8 Å². The van der Waals surface area contributed by atoms with E-state index < -0.39 is 6.23 Å². The van der Waals surface area contributed by atoms with E-state index in [9.17, 15) is 5.11 Å². The van der Waals surface area contributed by atoms with E-state index in [1.165, 1.54) is 5.57 Å². The number of aliphatic hydroxyl groups is 1. The van der Waals surface area contributed by atoms with Gasteiger partial charge < -0.3 is 10.0 Å². The molecule has 0 radical (unpaired) electrons. The maximum atomic E-state index is 9.75. The minimum atomic E-state index is -0.450. The number of hydrogen-bond acceptors (Lipinski definition) is 2. The predicted molar refractivity (Wildman–Crippen MR) is 66.3 cm³/mol. The van der Waals surface area contributed by atoms with Crippen LogP contribution in [0.3, 0.4) is 0 Å². The van der Waals surface area contributed by atoms with Crippen molar-refractivity contribution in [2.24, 2.45) is 0 Å². The lowest BCUT2D eigenvalue weighted by Crippen LogP contribution is -2.26. The van der Waals surface area contributed by atoms with Crippen LogP contribution in [-0.2, 0) is 0 Å². The SMILES string of the molecule is C=C/C=C\N(C)C(O)CC/C(C)=C\C=C. The molecule has 0 aromatic carbocycles. The Labute approximate surface area is 92.9 Å². The van der Waals surface area contributed by atoms with Crippen molar-refractivity contribution in [2.45, 2.75) is 26.0 Å². The van der Waals surface area contributed by atoms with E-state index in [2.05, 4.69) is 13.2 Å². The summed E-state index contributed by atoms with van der Waals surface area (Å²) in [5.41, 5.74) is 1.23. The molecule has 0 heterocycles. The van der Waals surface area contributed by atoms with Crippen molar-refractivity contribution in [2.75, 3.05) is 7.05 Å². The molecule has 15 heavy (non-hydrogen) atoms. The van der Waals surface area contributed by atoms with Crippen LogP contribution in [0.5, 0.6) is 0 Å². The highest BCUT2D eigenvalue weighted by atomic mass is 16.3. The third-order valence-corrected chi connectivity index (χ3v) is 2.13. The smallest absolute Gasteiger partial charge is 0.126 e. The van der Waals surface area contributed by atoms with Gasteiger partial charge in [-0.15, -0.1) is 0 Å². The van der Waals surface area contributed by atoms with Crippen molar-refractivity contribution in [3.63, 3.8) is 0 Å². The summed E-state index contributed by atoms with van der Waals surface area (Å²) in [5.74, 6) is 0. The lowest BCUT2D eigenvalue weighted by molar-refractivity contribution is 0.0478. The number of nitrogens with zero attached hydrogens (tertiary/aromatic N) is 1. The first-order valence-electron chi connectivity index (χ1n) is 5.09. The van der Waals surface area contributed by atoms with Crippen molar-refractivity contribution in [1.29, 1.82) is 0 Å². The van der Waals surface area contributed by atoms with Crippen LogP contribution >= 0.6 is 0 Å². The molecular weight excluding hydrogens is 186 g/mol. The first kappa shape index (κ1) is 13.7. The van der Waals surface area contributed by atoms with Crippen LogP contribution in [0.2, 0.25) is 0 Å². The van der Waals surface area contributed by atoms with E-state index >= 15 is 0 Å². The fourth-order valence-corrected chi connectivity index (χ4v) is 1.14. The quantitative estimate of drug-likeness (QED) is 0.512. The molecule has 0 saturated carbocycles. The molecule has 0 saturated heterocycles. The highest BCUT2D eigenvalue weighted by Crippen LogP contribution is 2.09.